The van der Waals surface area contributed by atoms with Crippen molar-refractivity contribution >= 4 is 43.4 Å². The largest absolute Gasteiger partial charge is 0.254 e. The number of hydrogen-bond donors (Lipinski definition) is 0. The Balaban J connectivity index is 1.34. The number of benzene rings is 6. The van der Waals surface area contributed by atoms with Gasteiger partial charge in [-0.05, 0) is 55.9 Å². The minimum absolute atomic E-state index is 0.208. The van der Waals surface area contributed by atoms with Gasteiger partial charge in [-0.15, -0.1) is 0 Å². The zero-order chi connectivity index (χ0) is 30.8. The van der Waals surface area contributed by atoms with E-state index in [2.05, 4.69) is 47.4 Å². The van der Waals surface area contributed by atoms with Gasteiger partial charge in [0.05, 0.1) is 23.6 Å². The second-order valence-corrected chi connectivity index (χ2v) is 9.83. The lowest BCUT2D eigenvalue weighted by Crippen LogP contribution is -1.91. The maximum absolute atomic E-state index is 8.76. The molecular weight excluding hydrogens is 484 g/mol. The van der Waals surface area contributed by atoms with Crippen molar-refractivity contribution in [2.24, 2.45) is 0 Å². The number of nitrogens with zero attached hydrogens (tertiary/aromatic N) is 2. The highest BCUT2D eigenvalue weighted by atomic mass is 14.7. The third-order valence-electron chi connectivity index (χ3n) is 7.58. The lowest BCUT2D eigenvalue weighted by Gasteiger charge is -2.18. The van der Waals surface area contributed by atoms with Crippen LogP contribution in [0.15, 0.2) is 146 Å². The summed E-state index contributed by atoms with van der Waals surface area (Å²) in [5.74, 6) is 0. The van der Waals surface area contributed by atoms with Crippen molar-refractivity contribution in [2.75, 3.05) is 0 Å². The second kappa shape index (κ2) is 9.14. The van der Waals surface area contributed by atoms with E-state index in [0.717, 1.165) is 65.7 Å². The molecule has 40 heavy (non-hydrogen) atoms. The molecule has 2 heteroatoms. The molecule has 0 N–H and O–H groups in total. The molecule has 0 amide bonds. The van der Waals surface area contributed by atoms with Crippen molar-refractivity contribution in [3.8, 4) is 33.5 Å². The van der Waals surface area contributed by atoms with Crippen molar-refractivity contribution in [1.82, 2.24) is 9.97 Å². The second-order valence-electron chi connectivity index (χ2n) is 9.83. The average Bonchev–Trinajstić information content (AvgIpc) is 3.09. The van der Waals surface area contributed by atoms with Crippen molar-refractivity contribution in [3.63, 3.8) is 0 Å². The Labute approximate surface area is 239 Å². The topological polar surface area (TPSA) is 25.8 Å². The molecule has 6 aromatic carbocycles. The molecule has 2 heterocycles. The van der Waals surface area contributed by atoms with Gasteiger partial charge in [-0.2, -0.15) is 0 Å². The summed E-state index contributed by atoms with van der Waals surface area (Å²) in [6.45, 7) is 0. The van der Waals surface area contributed by atoms with Gasteiger partial charge in [0.2, 0.25) is 0 Å². The fourth-order valence-electron chi connectivity index (χ4n) is 5.78. The Morgan fingerprint density at radius 3 is 1.65 bits per heavy atom. The maximum atomic E-state index is 8.76. The van der Waals surface area contributed by atoms with E-state index in [1.54, 1.807) is 6.20 Å². The smallest absolute Gasteiger partial charge is 0.0972 e. The highest BCUT2D eigenvalue weighted by Crippen LogP contribution is 2.43. The molecule has 0 fully saturated rings. The van der Waals surface area contributed by atoms with Crippen LogP contribution in [-0.2, 0) is 0 Å². The van der Waals surface area contributed by atoms with Crippen LogP contribution in [0.4, 0.5) is 0 Å². The molecule has 0 saturated heterocycles. The molecule has 0 atom stereocenters. The van der Waals surface area contributed by atoms with Gasteiger partial charge in [-0.3, -0.25) is 4.98 Å². The van der Waals surface area contributed by atoms with E-state index in [9.17, 15) is 0 Å². The van der Waals surface area contributed by atoms with Gasteiger partial charge in [-0.1, -0.05) is 127 Å². The number of aromatic nitrogens is 2. The Bertz CT molecular complexity index is 2400. The van der Waals surface area contributed by atoms with Gasteiger partial charge < -0.3 is 0 Å². The van der Waals surface area contributed by atoms with Crippen LogP contribution in [0.1, 0.15) is 6.85 Å². The van der Waals surface area contributed by atoms with Crippen LogP contribution in [0.2, 0.25) is 0 Å². The van der Waals surface area contributed by atoms with Crippen LogP contribution in [0.25, 0.3) is 76.9 Å². The van der Waals surface area contributed by atoms with Crippen LogP contribution in [0.5, 0.6) is 0 Å². The molecule has 186 valence electrons. The van der Waals surface area contributed by atoms with E-state index in [0.29, 0.717) is 5.56 Å². The lowest BCUT2D eigenvalue weighted by molar-refractivity contribution is 1.37. The zero-order valence-electron chi connectivity index (χ0n) is 26.4. The van der Waals surface area contributed by atoms with Crippen molar-refractivity contribution in [3.05, 3.63) is 146 Å². The van der Waals surface area contributed by atoms with Crippen molar-refractivity contribution in [2.45, 2.75) is 0 Å². The van der Waals surface area contributed by atoms with Gasteiger partial charge in [0.25, 0.3) is 0 Å². The van der Waals surface area contributed by atoms with E-state index in [4.69, 9.17) is 11.8 Å². The number of fused-ring (bicyclic) bond motifs is 5. The molecule has 0 radical (unpaired) electrons. The first kappa shape index (κ1) is 18.0. The SMILES string of the molecule is [2H]c1c([2H])c([2H])c(-c2c3ccccc3c(-c3ccc(-c4ccc5ccc6cccnc6c5n4)cc3)c3ccccc23)c([2H])c1[2H]. The standard InChI is InChI=1S/C38H24N2/c1-2-9-26(10-3-1)35-30-12-4-6-14-32(30)36(33-15-7-5-13-31(33)35)27-18-16-25(17-19-27)34-23-22-29-21-20-28-11-8-24-39-37(28)38(29)40-34/h1-24H/i1D,2D,3D,9D,10D. The lowest BCUT2D eigenvalue weighted by atomic mass is 9.86. The Morgan fingerprint density at radius 1 is 0.450 bits per heavy atom. The highest BCUT2D eigenvalue weighted by molar-refractivity contribution is 6.21. The van der Waals surface area contributed by atoms with Crippen molar-refractivity contribution < 1.29 is 6.85 Å². The van der Waals surface area contributed by atoms with Crippen LogP contribution < -0.4 is 0 Å². The normalized spacial score (nSPS) is 13.2. The van der Waals surface area contributed by atoms with Gasteiger partial charge in [0.1, 0.15) is 0 Å². The number of hydrogen-bond acceptors (Lipinski definition) is 2. The summed E-state index contributed by atoms with van der Waals surface area (Å²) in [6, 6.07) is 34.9. The van der Waals surface area contributed by atoms with E-state index < -0.39 is 6.04 Å². The minimum Gasteiger partial charge on any atom is -0.254 e. The van der Waals surface area contributed by atoms with Crippen molar-refractivity contribution in [1.29, 1.82) is 0 Å². The Kier molecular flexibility index (Phi) is 4.12. The summed E-state index contributed by atoms with van der Waals surface area (Å²) in [5.41, 5.74) is 6.47. The first-order chi connectivity index (χ1) is 21.9. The van der Waals surface area contributed by atoms with Gasteiger partial charge in [-0.25, -0.2) is 4.98 Å². The fraction of sp³-hybridized carbons (Fsp3) is 0. The molecule has 8 aromatic rings. The Hall–Kier alpha value is -5.34. The monoisotopic (exact) mass is 513 g/mol. The molecule has 2 aromatic heterocycles. The molecule has 0 aliphatic rings. The molecule has 0 saturated carbocycles. The summed E-state index contributed by atoms with van der Waals surface area (Å²) >= 11 is 0. The summed E-state index contributed by atoms with van der Waals surface area (Å²) in [7, 11) is 0. The van der Waals surface area contributed by atoms with Crippen LogP contribution in [0.3, 0.4) is 0 Å². The van der Waals surface area contributed by atoms with Gasteiger partial charge >= 0.3 is 0 Å². The van der Waals surface area contributed by atoms with Crippen LogP contribution in [-0.4, -0.2) is 9.97 Å². The number of rotatable bonds is 3. The predicted octanol–water partition coefficient (Wildman–Crippen LogP) is 10.1. The molecule has 0 spiro atoms. The maximum Gasteiger partial charge on any atom is 0.0972 e. The van der Waals surface area contributed by atoms with Gasteiger partial charge in [0.15, 0.2) is 0 Å². The highest BCUT2D eigenvalue weighted by Gasteiger charge is 2.16. The molecule has 8 rings (SSSR count). The summed E-state index contributed by atoms with van der Waals surface area (Å²) in [6.07, 6.45) is 1.79. The third-order valence-corrected chi connectivity index (χ3v) is 7.58. The molecular formula is C38H24N2. The van der Waals surface area contributed by atoms with Gasteiger partial charge in [0, 0.05) is 22.5 Å². The van der Waals surface area contributed by atoms with Crippen LogP contribution in [0, 0.1) is 0 Å². The van der Waals surface area contributed by atoms with E-state index >= 15 is 0 Å². The fourth-order valence-corrected chi connectivity index (χ4v) is 5.78. The molecule has 0 aliphatic heterocycles. The van der Waals surface area contributed by atoms with E-state index in [1.807, 2.05) is 66.7 Å². The summed E-state index contributed by atoms with van der Waals surface area (Å²) in [4.78, 5) is 9.61. The van der Waals surface area contributed by atoms with E-state index in [-0.39, 0.29) is 29.7 Å². The van der Waals surface area contributed by atoms with E-state index in [1.165, 1.54) is 0 Å². The molecule has 0 unspecified atom stereocenters. The summed E-state index contributed by atoms with van der Waals surface area (Å²) < 4.78 is 42.3. The molecule has 2 nitrogen and oxygen atoms in total. The van der Waals surface area contributed by atoms with Crippen LogP contribution >= 0.6 is 0 Å². The summed E-state index contributed by atoms with van der Waals surface area (Å²) in [5, 5.41) is 5.61. The zero-order valence-corrected chi connectivity index (χ0v) is 21.4. The average molecular weight is 514 g/mol. The molecule has 0 bridgehead atoms. The first-order valence-corrected chi connectivity index (χ1v) is 13.2. The predicted molar refractivity (Wildman–Crippen MR) is 168 cm³/mol. The number of pyridine rings is 2. The Morgan fingerprint density at radius 2 is 1.00 bits per heavy atom. The quantitative estimate of drug-likeness (QED) is 0.173. The first-order valence-electron chi connectivity index (χ1n) is 15.7. The molecule has 0 aliphatic carbocycles. The minimum atomic E-state index is -0.399. The third kappa shape index (κ3) is 3.58.